The van der Waals surface area contributed by atoms with Crippen LogP contribution >= 0.6 is 0 Å². The first-order valence-electron chi connectivity index (χ1n) is 6.28. The maximum Gasteiger partial charge on any atom is 0.231 e. The molecular weight excluding hydrogens is 242 g/mol. The van der Waals surface area contributed by atoms with Crippen LogP contribution in [0.2, 0.25) is 0 Å². The summed E-state index contributed by atoms with van der Waals surface area (Å²) in [5.41, 5.74) is 3.07. The van der Waals surface area contributed by atoms with Crippen molar-refractivity contribution >= 4 is 17.5 Å². The molecule has 0 radical (unpaired) electrons. The van der Waals surface area contributed by atoms with Gasteiger partial charge in [0.15, 0.2) is 0 Å². The van der Waals surface area contributed by atoms with Gasteiger partial charge in [-0.2, -0.15) is 0 Å². The van der Waals surface area contributed by atoms with E-state index in [-0.39, 0.29) is 11.8 Å². The number of amides is 1. The number of aryl methyl sites for hydroxylation is 1. The van der Waals surface area contributed by atoms with Crippen LogP contribution in [-0.2, 0) is 4.79 Å². The van der Waals surface area contributed by atoms with Crippen LogP contribution in [-0.4, -0.2) is 17.6 Å². The molecule has 2 aromatic rings. The molecule has 1 aromatic heterocycles. The largest absolute Gasteiger partial charge is 0.384 e. The molecule has 1 aliphatic rings. The predicted molar refractivity (Wildman–Crippen MR) is 72.2 cm³/mol. The molecule has 0 saturated carbocycles. The molecule has 1 aromatic carbocycles. The van der Waals surface area contributed by atoms with E-state index in [0.29, 0.717) is 12.3 Å². The smallest absolute Gasteiger partial charge is 0.231 e. The first-order chi connectivity index (χ1) is 9.22. The quantitative estimate of drug-likeness (QED) is 0.886. The van der Waals surface area contributed by atoms with Gasteiger partial charge in [0.05, 0.1) is 5.69 Å². The van der Waals surface area contributed by atoms with Crippen molar-refractivity contribution < 1.29 is 9.32 Å². The summed E-state index contributed by atoms with van der Waals surface area (Å²) in [5.74, 6) is 0.557. The molecule has 2 N–H and O–H groups in total. The van der Waals surface area contributed by atoms with E-state index in [2.05, 4.69) is 21.9 Å². The number of rotatable bonds is 3. The second kappa shape index (κ2) is 4.76. The highest BCUT2D eigenvalue weighted by Gasteiger charge is 2.24. The Hall–Kier alpha value is -2.30. The number of hydrogen-bond donors (Lipinski definition) is 2. The Balaban J connectivity index is 1.65. The van der Waals surface area contributed by atoms with Gasteiger partial charge in [-0.1, -0.05) is 23.4 Å². The van der Waals surface area contributed by atoms with Crippen molar-refractivity contribution in [2.45, 2.75) is 19.3 Å². The van der Waals surface area contributed by atoms with E-state index in [1.54, 1.807) is 6.07 Å². The van der Waals surface area contributed by atoms with Crippen LogP contribution in [0.15, 0.2) is 34.9 Å². The van der Waals surface area contributed by atoms with Crippen LogP contribution in [0.3, 0.4) is 0 Å². The number of hydrogen-bond acceptors (Lipinski definition) is 4. The summed E-state index contributed by atoms with van der Waals surface area (Å²) in [6, 6.07) is 9.79. The Morgan fingerprint density at radius 2 is 2.37 bits per heavy atom. The van der Waals surface area contributed by atoms with Gasteiger partial charge in [0.1, 0.15) is 0 Å². The van der Waals surface area contributed by atoms with E-state index in [9.17, 15) is 4.79 Å². The minimum atomic E-state index is -0.0559. The molecule has 1 atom stereocenters. The number of para-hydroxylation sites is 1. The Morgan fingerprint density at radius 1 is 1.53 bits per heavy atom. The molecule has 0 aliphatic carbocycles. The topological polar surface area (TPSA) is 67.2 Å². The van der Waals surface area contributed by atoms with Crippen LogP contribution in [0.1, 0.15) is 23.6 Å². The SMILES string of the molecule is Cc1cc(NC(=O)CC2CNc3ccccc32)on1. The van der Waals surface area contributed by atoms with Crippen molar-refractivity contribution in [2.75, 3.05) is 17.2 Å². The van der Waals surface area contributed by atoms with E-state index in [1.165, 1.54) is 5.56 Å². The molecular formula is C14H15N3O2. The maximum atomic E-state index is 12.0. The van der Waals surface area contributed by atoms with Gasteiger partial charge in [-0.25, -0.2) is 0 Å². The normalized spacial score (nSPS) is 16.8. The number of aromatic nitrogens is 1. The Morgan fingerprint density at radius 3 is 3.16 bits per heavy atom. The lowest BCUT2D eigenvalue weighted by Crippen LogP contribution is -2.16. The minimum absolute atomic E-state index is 0.0559. The Labute approximate surface area is 111 Å². The molecule has 0 spiro atoms. The fourth-order valence-corrected chi connectivity index (χ4v) is 2.37. The van der Waals surface area contributed by atoms with Crippen LogP contribution in [0, 0.1) is 6.92 Å². The monoisotopic (exact) mass is 257 g/mol. The summed E-state index contributed by atoms with van der Waals surface area (Å²) in [5, 5.41) is 9.77. The van der Waals surface area contributed by atoms with E-state index in [1.807, 2.05) is 25.1 Å². The number of anilines is 2. The van der Waals surface area contributed by atoms with Crippen molar-refractivity contribution in [1.29, 1.82) is 0 Å². The molecule has 1 aliphatic heterocycles. The zero-order valence-electron chi connectivity index (χ0n) is 10.6. The van der Waals surface area contributed by atoms with Crippen LogP contribution in [0.25, 0.3) is 0 Å². The van der Waals surface area contributed by atoms with Gasteiger partial charge in [0.25, 0.3) is 0 Å². The van der Waals surface area contributed by atoms with Gasteiger partial charge in [0, 0.05) is 30.6 Å². The molecule has 98 valence electrons. The van der Waals surface area contributed by atoms with Gasteiger partial charge >= 0.3 is 0 Å². The molecule has 0 fully saturated rings. The highest BCUT2D eigenvalue weighted by atomic mass is 16.5. The van der Waals surface area contributed by atoms with Crippen molar-refractivity contribution in [3.8, 4) is 0 Å². The number of nitrogens with one attached hydrogen (secondary N) is 2. The molecule has 2 heterocycles. The van der Waals surface area contributed by atoms with Crippen LogP contribution < -0.4 is 10.6 Å². The zero-order valence-corrected chi connectivity index (χ0v) is 10.6. The summed E-state index contributed by atoms with van der Waals surface area (Å²) in [6.07, 6.45) is 0.434. The van der Waals surface area contributed by atoms with Gasteiger partial charge in [-0.05, 0) is 18.6 Å². The standard InChI is InChI=1S/C14H15N3O2/c1-9-6-14(19-17-9)16-13(18)7-10-8-15-12-5-3-2-4-11(10)12/h2-6,10,15H,7-8H2,1H3,(H,16,18). The third-order valence-electron chi connectivity index (χ3n) is 3.26. The molecule has 0 bridgehead atoms. The van der Waals surface area contributed by atoms with Gasteiger partial charge < -0.3 is 9.84 Å². The number of fused-ring (bicyclic) bond motifs is 1. The minimum Gasteiger partial charge on any atom is -0.384 e. The second-order valence-electron chi connectivity index (χ2n) is 4.75. The lowest BCUT2D eigenvalue weighted by Gasteiger charge is -2.08. The van der Waals surface area contributed by atoms with Crippen LogP contribution in [0.4, 0.5) is 11.6 Å². The molecule has 0 saturated heterocycles. The number of benzene rings is 1. The molecule has 5 heteroatoms. The zero-order chi connectivity index (χ0) is 13.2. The Bertz CT molecular complexity index is 606. The van der Waals surface area contributed by atoms with Gasteiger partial charge in [0.2, 0.25) is 11.8 Å². The summed E-state index contributed by atoms with van der Waals surface area (Å²) < 4.78 is 4.97. The average Bonchev–Trinajstić information content (AvgIpc) is 2.97. The first-order valence-corrected chi connectivity index (χ1v) is 6.28. The molecule has 1 unspecified atom stereocenters. The second-order valence-corrected chi connectivity index (χ2v) is 4.75. The summed E-state index contributed by atoms with van der Waals surface area (Å²) in [4.78, 5) is 12.0. The molecule has 3 rings (SSSR count). The summed E-state index contributed by atoms with van der Waals surface area (Å²) in [7, 11) is 0. The molecule has 19 heavy (non-hydrogen) atoms. The fraction of sp³-hybridized carbons (Fsp3) is 0.286. The van der Waals surface area contributed by atoms with E-state index in [4.69, 9.17) is 4.52 Å². The summed E-state index contributed by atoms with van der Waals surface area (Å²) >= 11 is 0. The first kappa shape index (κ1) is 11.8. The fourth-order valence-electron chi connectivity index (χ4n) is 2.37. The average molecular weight is 257 g/mol. The molecule has 5 nitrogen and oxygen atoms in total. The van der Waals surface area contributed by atoms with Crippen LogP contribution in [0.5, 0.6) is 0 Å². The lowest BCUT2D eigenvalue weighted by molar-refractivity contribution is -0.116. The Kier molecular flexibility index (Phi) is 2.95. The van der Waals surface area contributed by atoms with E-state index in [0.717, 1.165) is 17.9 Å². The predicted octanol–water partition coefficient (Wildman–Crippen LogP) is 2.52. The van der Waals surface area contributed by atoms with Crippen molar-refractivity contribution in [2.24, 2.45) is 0 Å². The maximum absolute atomic E-state index is 12.0. The van der Waals surface area contributed by atoms with Crippen molar-refractivity contribution in [1.82, 2.24) is 5.16 Å². The molecule has 1 amide bonds. The lowest BCUT2D eigenvalue weighted by atomic mass is 9.98. The van der Waals surface area contributed by atoms with Crippen molar-refractivity contribution in [3.63, 3.8) is 0 Å². The van der Waals surface area contributed by atoms with Crippen molar-refractivity contribution in [3.05, 3.63) is 41.6 Å². The number of carbonyl (C=O) groups excluding carboxylic acids is 1. The highest BCUT2D eigenvalue weighted by Crippen LogP contribution is 2.33. The third kappa shape index (κ3) is 2.45. The third-order valence-corrected chi connectivity index (χ3v) is 3.26. The van der Waals surface area contributed by atoms with Gasteiger partial charge in [-0.15, -0.1) is 0 Å². The highest BCUT2D eigenvalue weighted by molar-refractivity contribution is 5.90. The number of carbonyl (C=O) groups is 1. The van der Waals surface area contributed by atoms with E-state index >= 15 is 0 Å². The van der Waals surface area contributed by atoms with Gasteiger partial charge in [-0.3, -0.25) is 10.1 Å². The van der Waals surface area contributed by atoms with E-state index < -0.39 is 0 Å². The number of nitrogens with zero attached hydrogens (tertiary/aromatic N) is 1. The summed E-state index contributed by atoms with van der Waals surface area (Å²) in [6.45, 7) is 2.61.